The molecule has 92 valence electrons. The van der Waals surface area contributed by atoms with Crippen molar-refractivity contribution in [3.8, 4) is 0 Å². The van der Waals surface area contributed by atoms with E-state index in [0.29, 0.717) is 29.6 Å². The van der Waals surface area contributed by atoms with Gasteiger partial charge in [-0.15, -0.1) is 0 Å². The molecule has 4 heteroatoms. The molecule has 1 aliphatic rings. The van der Waals surface area contributed by atoms with Crippen molar-refractivity contribution < 1.29 is 13.2 Å². The Morgan fingerprint density at radius 3 is 2.29 bits per heavy atom. The van der Waals surface area contributed by atoms with Crippen LogP contribution >= 0.6 is 0 Å². The lowest BCUT2D eigenvalue weighted by molar-refractivity contribution is -0.109. The minimum atomic E-state index is -3.55. The Morgan fingerprint density at radius 1 is 1.18 bits per heavy atom. The lowest BCUT2D eigenvalue weighted by Gasteiger charge is -2.23. The predicted molar refractivity (Wildman–Crippen MR) is 65.6 cm³/mol. The molecule has 0 heterocycles. The van der Waals surface area contributed by atoms with E-state index in [-0.39, 0.29) is 0 Å². The fourth-order valence-electron chi connectivity index (χ4n) is 2.50. The molecular formula is C13H16O3S. The molecular weight excluding hydrogens is 236 g/mol. The van der Waals surface area contributed by atoms with Crippen LogP contribution in [0.4, 0.5) is 0 Å². The van der Waals surface area contributed by atoms with Gasteiger partial charge in [0.1, 0.15) is 11.0 Å². The van der Waals surface area contributed by atoms with Crippen LogP contribution in [-0.2, 0) is 14.6 Å². The molecule has 17 heavy (non-hydrogen) atoms. The molecule has 0 N–H and O–H groups in total. The van der Waals surface area contributed by atoms with Crippen LogP contribution in [0.1, 0.15) is 31.2 Å². The summed E-state index contributed by atoms with van der Waals surface area (Å²) in [4.78, 5) is 11.6. The highest BCUT2D eigenvalue weighted by Gasteiger charge is 2.47. The van der Waals surface area contributed by atoms with Crippen molar-refractivity contribution in [2.45, 2.75) is 42.2 Å². The first-order chi connectivity index (χ1) is 8.03. The molecule has 0 aliphatic heterocycles. The summed E-state index contributed by atoms with van der Waals surface area (Å²) >= 11 is 0. The summed E-state index contributed by atoms with van der Waals surface area (Å²) in [5.41, 5.74) is 0.709. The van der Waals surface area contributed by atoms with Gasteiger partial charge in [-0.25, -0.2) is 8.42 Å². The predicted octanol–water partition coefficient (Wildman–Crippen LogP) is 2.28. The Labute approximate surface area is 102 Å². The lowest BCUT2D eigenvalue weighted by Crippen LogP contribution is -2.37. The van der Waals surface area contributed by atoms with Gasteiger partial charge < -0.3 is 4.79 Å². The summed E-state index contributed by atoms with van der Waals surface area (Å²) in [6.45, 7) is 1.76. The molecule has 0 bridgehead atoms. The van der Waals surface area contributed by atoms with Gasteiger partial charge in [-0.05, 0) is 31.4 Å². The molecule has 1 aromatic carbocycles. The summed E-state index contributed by atoms with van der Waals surface area (Å²) < 4.78 is 24.0. The first-order valence-electron chi connectivity index (χ1n) is 5.80. The largest absolute Gasteiger partial charge is 0.302 e. The number of carbonyl (C=O) groups excluding carboxylic acids is 1. The molecule has 0 amide bonds. The van der Waals surface area contributed by atoms with Crippen LogP contribution in [0, 0.1) is 6.92 Å². The van der Waals surface area contributed by atoms with Gasteiger partial charge in [0, 0.05) is 0 Å². The van der Waals surface area contributed by atoms with Gasteiger partial charge in [0.2, 0.25) is 0 Å². The monoisotopic (exact) mass is 252 g/mol. The number of hydrogen-bond donors (Lipinski definition) is 0. The Bertz CT molecular complexity index is 525. The maximum atomic E-state index is 12.6. The molecule has 0 spiro atoms. The van der Waals surface area contributed by atoms with E-state index in [1.54, 1.807) is 31.2 Å². The standard InChI is InChI=1S/C13H16O3S/c1-11-6-2-3-7-12(11)17(15,16)13(10-14)8-4-5-9-13/h2-3,6-7,10H,4-5,8-9H2,1H3. The highest BCUT2D eigenvalue weighted by molar-refractivity contribution is 7.93. The second-order valence-electron chi connectivity index (χ2n) is 4.66. The van der Waals surface area contributed by atoms with Crippen molar-refractivity contribution in [2.75, 3.05) is 0 Å². The number of aldehydes is 1. The molecule has 3 nitrogen and oxygen atoms in total. The number of rotatable bonds is 3. The SMILES string of the molecule is Cc1ccccc1S(=O)(=O)C1(C=O)CCCC1. The van der Waals surface area contributed by atoms with Crippen molar-refractivity contribution >= 4 is 16.1 Å². The van der Waals surface area contributed by atoms with Crippen molar-refractivity contribution in [2.24, 2.45) is 0 Å². The number of aryl methyl sites for hydroxylation is 1. The number of benzene rings is 1. The normalized spacial score (nSPS) is 19.1. The smallest absolute Gasteiger partial charge is 0.191 e. The van der Waals surface area contributed by atoms with Gasteiger partial charge in [0.05, 0.1) is 4.90 Å². The van der Waals surface area contributed by atoms with E-state index < -0.39 is 14.6 Å². The molecule has 0 radical (unpaired) electrons. The van der Waals surface area contributed by atoms with Gasteiger partial charge in [0.15, 0.2) is 9.84 Å². The van der Waals surface area contributed by atoms with Crippen molar-refractivity contribution in [1.29, 1.82) is 0 Å². The molecule has 1 saturated carbocycles. The number of hydrogen-bond acceptors (Lipinski definition) is 3. The van der Waals surface area contributed by atoms with Gasteiger partial charge in [-0.1, -0.05) is 31.0 Å². The molecule has 1 fully saturated rings. The zero-order valence-electron chi connectivity index (χ0n) is 9.85. The lowest BCUT2D eigenvalue weighted by atomic mass is 10.1. The average molecular weight is 252 g/mol. The van der Waals surface area contributed by atoms with E-state index in [1.165, 1.54) is 0 Å². The third kappa shape index (κ3) is 1.80. The van der Waals surface area contributed by atoms with Crippen molar-refractivity contribution in [3.63, 3.8) is 0 Å². The maximum Gasteiger partial charge on any atom is 0.191 e. The Hall–Kier alpha value is -1.16. The van der Waals surface area contributed by atoms with Crippen LogP contribution in [0.25, 0.3) is 0 Å². The quantitative estimate of drug-likeness (QED) is 0.775. The Balaban J connectivity index is 2.57. The molecule has 0 unspecified atom stereocenters. The van der Waals surface area contributed by atoms with Crippen molar-refractivity contribution in [3.05, 3.63) is 29.8 Å². The molecule has 0 aromatic heterocycles. The van der Waals surface area contributed by atoms with Crippen LogP contribution in [0.15, 0.2) is 29.2 Å². The summed E-state index contributed by atoms with van der Waals surface area (Å²) in [6, 6.07) is 6.86. The summed E-state index contributed by atoms with van der Waals surface area (Å²) in [5, 5.41) is 0. The highest BCUT2D eigenvalue weighted by atomic mass is 32.2. The van der Waals surface area contributed by atoms with Crippen molar-refractivity contribution in [1.82, 2.24) is 0 Å². The summed E-state index contributed by atoms with van der Waals surface area (Å²) in [6.07, 6.45) is 3.16. The van der Waals surface area contributed by atoms with Gasteiger partial charge >= 0.3 is 0 Å². The van der Waals surface area contributed by atoms with E-state index in [1.807, 2.05) is 0 Å². The van der Waals surface area contributed by atoms with Crippen LogP contribution in [0.5, 0.6) is 0 Å². The first-order valence-corrected chi connectivity index (χ1v) is 7.28. The maximum absolute atomic E-state index is 12.6. The summed E-state index contributed by atoms with van der Waals surface area (Å²) in [7, 11) is -3.55. The van der Waals surface area contributed by atoms with E-state index in [2.05, 4.69) is 0 Å². The van der Waals surface area contributed by atoms with Gasteiger partial charge in [-0.3, -0.25) is 0 Å². The zero-order valence-corrected chi connectivity index (χ0v) is 10.7. The Kier molecular flexibility index (Phi) is 3.08. The number of sulfone groups is 1. The fourth-order valence-corrected chi connectivity index (χ4v) is 4.64. The first kappa shape index (κ1) is 12.3. The van der Waals surface area contributed by atoms with E-state index in [9.17, 15) is 13.2 Å². The topological polar surface area (TPSA) is 51.2 Å². The zero-order chi connectivity index (χ0) is 12.5. The van der Waals surface area contributed by atoms with Gasteiger partial charge in [-0.2, -0.15) is 0 Å². The molecule has 1 aliphatic carbocycles. The van der Waals surface area contributed by atoms with E-state index in [4.69, 9.17) is 0 Å². The second-order valence-corrected chi connectivity index (χ2v) is 6.92. The van der Waals surface area contributed by atoms with E-state index in [0.717, 1.165) is 12.8 Å². The van der Waals surface area contributed by atoms with Crippen LogP contribution in [-0.4, -0.2) is 19.5 Å². The van der Waals surface area contributed by atoms with Crippen LogP contribution in [0.3, 0.4) is 0 Å². The third-order valence-corrected chi connectivity index (χ3v) is 6.19. The third-order valence-electron chi connectivity index (χ3n) is 3.58. The average Bonchev–Trinajstić information content (AvgIpc) is 2.79. The summed E-state index contributed by atoms with van der Waals surface area (Å²) in [5.74, 6) is 0. The van der Waals surface area contributed by atoms with Crippen LogP contribution < -0.4 is 0 Å². The van der Waals surface area contributed by atoms with Crippen LogP contribution in [0.2, 0.25) is 0 Å². The molecule has 1 aromatic rings. The molecule has 0 atom stereocenters. The minimum Gasteiger partial charge on any atom is -0.302 e. The number of carbonyl (C=O) groups is 1. The second kappa shape index (κ2) is 4.26. The van der Waals surface area contributed by atoms with E-state index >= 15 is 0 Å². The minimum absolute atomic E-state index is 0.300. The van der Waals surface area contributed by atoms with Gasteiger partial charge in [0.25, 0.3) is 0 Å². The highest BCUT2D eigenvalue weighted by Crippen LogP contribution is 2.39. The Morgan fingerprint density at radius 2 is 1.76 bits per heavy atom. The fraction of sp³-hybridized carbons (Fsp3) is 0.462. The molecule has 0 saturated heterocycles. The molecule has 2 rings (SSSR count).